The maximum Gasteiger partial charge on any atom is 0.350 e. The largest absolute Gasteiger partial charge is 0.462 e. The number of H-pyrrole nitrogens is 1. The number of nitrogens with zero attached hydrogens (tertiary/aromatic N) is 3. The summed E-state index contributed by atoms with van der Waals surface area (Å²) >= 11 is 1.37. The topological polar surface area (TPSA) is 104 Å². The standard InChI is InChI=1S/C9H11N5O2S/c1-3-16-7(15)6(4-10)5-11-8-12-9(17-2)14-13-8/h5H,3H2,1-2H3,(H2,11,12,13,14). The maximum absolute atomic E-state index is 11.3. The molecule has 2 N–H and O–H groups in total. The van der Waals surface area contributed by atoms with Crippen molar-refractivity contribution < 1.29 is 9.53 Å². The fourth-order valence-electron chi connectivity index (χ4n) is 0.888. The van der Waals surface area contributed by atoms with Crippen LogP contribution < -0.4 is 5.32 Å². The van der Waals surface area contributed by atoms with E-state index in [1.54, 1.807) is 13.0 Å². The average molecular weight is 253 g/mol. The minimum atomic E-state index is -0.674. The summed E-state index contributed by atoms with van der Waals surface area (Å²) in [4.78, 5) is 15.3. The highest BCUT2D eigenvalue weighted by atomic mass is 32.2. The van der Waals surface area contributed by atoms with Gasteiger partial charge in [0.1, 0.15) is 6.07 Å². The number of ether oxygens (including phenoxy) is 1. The molecule has 1 aromatic heterocycles. The highest BCUT2D eigenvalue weighted by Crippen LogP contribution is 2.09. The third-order valence-electron chi connectivity index (χ3n) is 1.62. The number of nitriles is 1. The van der Waals surface area contributed by atoms with Gasteiger partial charge in [0.05, 0.1) is 6.61 Å². The van der Waals surface area contributed by atoms with Crippen molar-refractivity contribution in [3.63, 3.8) is 0 Å². The summed E-state index contributed by atoms with van der Waals surface area (Å²) in [6, 6.07) is 1.73. The van der Waals surface area contributed by atoms with Crippen LogP contribution in [0.25, 0.3) is 0 Å². The fraction of sp³-hybridized carbons (Fsp3) is 0.333. The third-order valence-corrected chi connectivity index (χ3v) is 2.16. The number of esters is 1. The Morgan fingerprint density at radius 1 is 1.76 bits per heavy atom. The first-order valence-corrected chi connectivity index (χ1v) is 5.94. The normalized spacial score (nSPS) is 10.8. The number of anilines is 1. The molecule has 0 aromatic carbocycles. The number of rotatable bonds is 5. The fourth-order valence-corrected chi connectivity index (χ4v) is 1.21. The van der Waals surface area contributed by atoms with Crippen molar-refractivity contribution in [2.75, 3.05) is 18.2 Å². The van der Waals surface area contributed by atoms with Crippen molar-refractivity contribution >= 4 is 23.7 Å². The van der Waals surface area contributed by atoms with Crippen LogP contribution in [0, 0.1) is 11.3 Å². The molecule has 0 spiro atoms. The van der Waals surface area contributed by atoms with Crippen LogP contribution in [0.1, 0.15) is 6.92 Å². The van der Waals surface area contributed by atoms with E-state index < -0.39 is 5.97 Å². The predicted octanol–water partition coefficient (Wildman–Crippen LogP) is 0.909. The highest BCUT2D eigenvalue weighted by molar-refractivity contribution is 7.98. The molecule has 0 aliphatic heterocycles. The Labute approximate surface area is 102 Å². The van der Waals surface area contributed by atoms with Crippen LogP contribution >= 0.6 is 11.8 Å². The molecule has 0 atom stereocenters. The zero-order chi connectivity index (χ0) is 12.7. The van der Waals surface area contributed by atoms with Crippen molar-refractivity contribution in [1.29, 1.82) is 5.26 Å². The van der Waals surface area contributed by atoms with Crippen LogP contribution in [0.5, 0.6) is 0 Å². The molecule has 0 unspecified atom stereocenters. The van der Waals surface area contributed by atoms with E-state index in [4.69, 9.17) is 5.26 Å². The molecule has 1 heterocycles. The lowest BCUT2D eigenvalue weighted by atomic mass is 10.3. The number of hydrogen-bond donors (Lipinski definition) is 2. The number of carbonyl (C=O) groups excluding carboxylic acids is 1. The number of aromatic nitrogens is 3. The van der Waals surface area contributed by atoms with Crippen LogP contribution in [0.2, 0.25) is 0 Å². The van der Waals surface area contributed by atoms with Gasteiger partial charge in [-0.1, -0.05) is 11.8 Å². The molecule has 0 aliphatic rings. The third kappa shape index (κ3) is 3.81. The summed E-state index contributed by atoms with van der Waals surface area (Å²) in [5, 5.41) is 18.4. The molecular weight excluding hydrogens is 242 g/mol. The van der Waals surface area contributed by atoms with E-state index in [-0.39, 0.29) is 12.2 Å². The second kappa shape index (κ2) is 6.55. The van der Waals surface area contributed by atoms with Gasteiger partial charge in [0.25, 0.3) is 0 Å². The molecule has 1 rings (SSSR count). The number of hydrogen-bond acceptors (Lipinski definition) is 7. The first-order valence-electron chi connectivity index (χ1n) is 4.71. The molecule has 0 fully saturated rings. The van der Waals surface area contributed by atoms with Gasteiger partial charge in [-0.3, -0.25) is 0 Å². The molecule has 0 bridgehead atoms. The Kier molecular flexibility index (Phi) is 5.03. The van der Waals surface area contributed by atoms with Crippen molar-refractivity contribution in [3.8, 4) is 6.07 Å². The number of carbonyl (C=O) groups is 1. The smallest absolute Gasteiger partial charge is 0.350 e. The van der Waals surface area contributed by atoms with Gasteiger partial charge in [0.2, 0.25) is 11.1 Å². The lowest BCUT2D eigenvalue weighted by Gasteiger charge is -1.99. The van der Waals surface area contributed by atoms with E-state index in [2.05, 4.69) is 25.2 Å². The molecule has 0 saturated carbocycles. The summed E-state index contributed by atoms with van der Waals surface area (Å²) < 4.78 is 4.69. The second-order valence-corrected chi connectivity index (χ2v) is 3.48. The van der Waals surface area contributed by atoms with E-state index in [9.17, 15) is 4.79 Å². The predicted molar refractivity (Wildman–Crippen MR) is 62.1 cm³/mol. The average Bonchev–Trinajstić information content (AvgIpc) is 2.78. The van der Waals surface area contributed by atoms with E-state index in [1.165, 1.54) is 18.0 Å². The number of nitrogens with one attached hydrogen (secondary N) is 2. The molecule has 7 nitrogen and oxygen atoms in total. The van der Waals surface area contributed by atoms with Gasteiger partial charge in [-0.05, 0) is 13.2 Å². The van der Waals surface area contributed by atoms with Gasteiger partial charge < -0.3 is 10.1 Å². The molecule has 0 aliphatic carbocycles. The van der Waals surface area contributed by atoms with Gasteiger partial charge in [-0.25, -0.2) is 9.89 Å². The minimum Gasteiger partial charge on any atom is -0.462 e. The van der Waals surface area contributed by atoms with Crippen LogP contribution in [0.4, 0.5) is 5.95 Å². The Morgan fingerprint density at radius 2 is 2.53 bits per heavy atom. The van der Waals surface area contributed by atoms with E-state index in [0.717, 1.165) is 0 Å². The molecule has 8 heteroatoms. The van der Waals surface area contributed by atoms with Crippen LogP contribution in [0.15, 0.2) is 16.9 Å². The number of thioether (sulfide) groups is 1. The Bertz CT molecular complexity index is 462. The number of aromatic amines is 1. The Hall–Kier alpha value is -2.01. The first-order chi connectivity index (χ1) is 8.21. The monoisotopic (exact) mass is 253 g/mol. The molecule has 0 radical (unpaired) electrons. The first kappa shape index (κ1) is 13.1. The van der Waals surface area contributed by atoms with E-state index in [1.807, 2.05) is 6.26 Å². The van der Waals surface area contributed by atoms with Gasteiger partial charge in [0.15, 0.2) is 5.57 Å². The van der Waals surface area contributed by atoms with Gasteiger partial charge in [-0.2, -0.15) is 10.2 Å². The highest BCUT2D eigenvalue weighted by Gasteiger charge is 2.09. The zero-order valence-electron chi connectivity index (χ0n) is 9.35. The molecule has 0 amide bonds. The summed E-state index contributed by atoms with van der Waals surface area (Å²) in [7, 11) is 0. The summed E-state index contributed by atoms with van der Waals surface area (Å²) in [6.45, 7) is 1.89. The van der Waals surface area contributed by atoms with E-state index in [0.29, 0.717) is 11.1 Å². The molecule has 0 saturated heterocycles. The molecular formula is C9H11N5O2S. The van der Waals surface area contributed by atoms with Crippen LogP contribution in [-0.4, -0.2) is 34.0 Å². The lowest BCUT2D eigenvalue weighted by molar-refractivity contribution is -0.138. The summed E-state index contributed by atoms with van der Waals surface area (Å²) in [5.41, 5.74) is -0.131. The van der Waals surface area contributed by atoms with Gasteiger partial charge in [-0.15, -0.1) is 5.10 Å². The molecule has 17 heavy (non-hydrogen) atoms. The van der Waals surface area contributed by atoms with Crippen molar-refractivity contribution in [1.82, 2.24) is 15.2 Å². The minimum absolute atomic E-state index is 0.131. The second-order valence-electron chi connectivity index (χ2n) is 2.71. The van der Waals surface area contributed by atoms with Crippen molar-refractivity contribution in [2.24, 2.45) is 0 Å². The maximum atomic E-state index is 11.3. The lowest BCUT2D eigenvalue weighted by Crippen LogP contribution is -2.08. The van der Waals surface area contributed by atoms with Crippen molar-refractivity contribution in [3.05, 3.63) is 11.8 Å². The molecule has 1 aromatic rings. The molecule has 90 valence electrons. The van der Waals surface area contributed by atoms with Gasteiger partial charge >= 0.3 is 5.97 Å². The van der Waals surface area contributed by atoms with Crippen LogP contribution in [-0.2, 0) is 9.53 Å². The van der Waals surface area contributed by atoms with Crippen LogP contribution in [0.3, 0.4) is 0 Å². The summed E-state index contributed by atoms with van der Waals surface area (Å²) in [6.07, 6.45) is 3.06. The van der Waals surface area contributed by atoms with E-state index >= 15 is 0 Å². The van der Waals surface area contributed by atoms with Gasteiger partial charge in [0, 0.05) is 6.20 Å². The Morgan fingerprint density at radius 3 is 3.06 bits per heavy atom. The zero-order valence-corrected chi connectivity index (χ0v) is 10.2. The summed E-state index contributed by atoms with van der Waals surface area (Å²) in [5.74, 6) is -0.321. The Balaban J connectivity index is 2.67. The quantitative estimate of drug-likeness (QED) is 0.348. The van der Waals surface area contributed by atoms with Crippen molar-refractivity contribution in [2.45, 2.75) is 12.1 Å². The SMILES string of the molecule is CCOC(=O)C(C#N)=CNc1nc(SC)n[nH]1.